The number of nitrogens with one attached hydrogen (secondary N) is 1. The average Bonchev–Trinajstić information content (AvgIpc) is 2.84. The number of amides is 1. The first-order chi connectivity index (χ1) is 9.62. The van der Waals surface area contributed by atoms with Gasteiger partial charge in [-0.3, -0.25) is 4.79 Å². The molecule has 2 aliphatic carbocycles. The quantitative estimate of drug-likeness (QED) is 0.818. The van der Waals surface area contributed by atoms with Gasteiger partial charge in [0.05, 0.1) is 19.2 Å². The second-order valence-electron chi connectivity index (χ2n) is 6.87. The van der Waals surface area contributed by atoms with Gasteiger partial charge < -0.3 is 15.3 Å². The minimum absolute atomic E-state index is 0. The Morgan fingerprint density at radius 2 is 2.10 bits per heavy atom. The van der Waals surface area contributed by atoms with Gasteiger partial charge in [-0.15, -0.1) is 12.4 Å². The molecule has 2 N–H and O–H groups in total. The Morgan fingerprint density at radius 3 is 2.62 bits per heavy atom. The molecule has 5 nitrogen and oxygen atoms in total. The predicted octanol–water partition coefficient (Wildman–Crippen LogP) is 1.21. The van der Waals surface area contributed by atoms with E-state index in [1.165, 1.54) is 19.3 Å². The van der Waals surface area contributed by atoms with Crippen LogP contribution in [0.3, 0.4) is 0 Å². The van der Waals surface area contributed by atoms with Gasteiger partial charge in [0.15, 0.2) is 0 Å². The van der Waals surface area contributed by atoms with Crippen LogP contribution in [0.15, 0.2) is 0 Å². The summed E-state index contributed by atoms with van der Waals surface area (Å²) in [6.07, 6.45) is 7.53. The summed E-state index contributed by atoms with van der Waals surface area (Å²) in [5.74, 6) is -0.00330. The van der Waals surface area contributed by atoms with E-state index in [9.17, 15) is 9.90 Å². The molecule has 3 fully saturated rings. The summed E-state index contributed by atoms with van der Waals surface area (Å²) >= 11 is 0. The van der Waals surface area contributed by atoms with Gasteiger partial charge in [-0.2, -0.15) is 5.26 Å². The lowest BCUT2D eigenvalue weighted by Gasteiger charge is -2.61. The number of nitriles is 1. The van der Waals surface area contributed by atoms with E-state index in [-0.39, 0.29) is 43.0 Å². The molecule has 1 spiro atoms. The normalized spacial score (nSPS) is 28.2. The van der Waals surface area contributed by atoms with Crippen molar-refractivity contribution >= 4 is 18.3 Å². The average molecular weight is 314 g/mol. The van der Waals surface area contributed by atoms with E-state index in [2.05, 4.69) is 11.4 Å². The molecule has 1 atom stereocenters. The number of likely N-dealkylation sites (tertiary alicyclic amines) is 1. The lowest BCUT2D eigenvalue weighted by atomic mass is 9.48. The Balaban J connectivity index is 0.00000161. The first-order valence-corrected chi connectivity index (χ1v) is 7.67. The number of rotatable bonds is 4. The third-order valence-electron chi connectivity index (χ3n) is 5.48. The molecular weight excluding hydrogens is 290 g/mol. The molecule has 0 radical (unpaired) electrons. The standard InChI is InChI=1S/C15H23N3O2.ClH/c16-7-12-3-1-6-18(12)13(20)8-17-15(11-19)9-14(10-15)4-2-5-14;/h12,17,19H,1-6,8-11H2;1H/t12-;/m0./s1. The molecule has 1 amide bonds. The van der Waals surface area contributed by atoms with Crippen molar-refractivity contribution in [1.29, 1.82) is 5.26 Å². The molecule has 0 bridgehead atoms. The summed E-state index contributed by atoms with van der Waals surface area (Å²) in [6, 6.07) is 1.94. The van der Waals surface area contributed by atoms with E-state index in [4.69, 9.17) is 5.26 Å². The van der Waals surface area contributed by atoms with Crippen molar-refractivity contribution in [2.45, 2.75) is 56.5 Å². The van der Waals surface area contributed by atoms with Crippen LogP contribution in [0.25, 0.3) is 0 Å². The highest BCUT2D eigenvalue weighted by atomic mass is 35.5. The summed E-state index contributed by atoms with van der Waals surface area (Å²) in [6.45, 7) is 1.04. The van der Waals surface area contributed by atoms with E-state index in [0.29, 0.717) is 12.0 Å². The zero-order chi connectivity index (χ0) is 14.2. The minimum atomic E-state index is -0.256. The Labute approximate surface area is 132 Å². The predicted molar refractivity (Wildman–Crippen MR) is 80.9 cm³/mol. The van der Waals surface area contributed by atoms with Crippen molar-refractivity contribution in [2.24, 2.45) is 5.41 Å². The Kier molecular flexibility index (Phi) is 4.82. The van der Waals surface area contributed by atoms with E-state index < -0.39 is 0 Å². The van der Waals surface area contributed by atoms with Crippen LogP contribution < -0.4 is 5.32 Å². The fourth-order valence-corrected chi connectivity index (χ4v) is 4.27. The Morgan fingerprint density at radius 1 is 1.38 bits per heavy atom. The highest BCUT2D eigenvalue weighted by Gasteiger charge is 2.56. The van der Waals surface area contributed by atoms with Crippen LogP contribution >= 0.6 is 12.4 Å². The Bertz CT molecular complexity index is 437. The van der Waals surface area contributed by atoms with Gasteiger partial charge in [0, 0.05) is 12.1 Å². The molecule has 6 heteroatoms. The molecule has 3 aliphatic rings. The molecule has 2 saturated carbocycles. The second-order valence-corrected chi connectivity index (χ2v) is 6.87. The summed E-state index contributed by atoms with van der Waals surface area (Å²) in [5, 5.41) is 21.9. The number of nitrogens with zero attached hydrogens (tertiary/aromatic N) is 2. The lowest BCUT2D eigenvalue weighted by molar-refractivity contribution is -0.133. The van der Waals surface area contributed by atoms with Gasteiger partial charge in [-0.05, 0) is 43.9 Å². The first-order valence-electron chi connectivity index (χ1n) is 7.67. The molecule has 1 saturated heterocycles. The maximum atomic E-state index is 12.2. The van der Waals surface area contributed by atoms with Gasteiger partial charge in [-0.1, -0.05) is 6.42 Å². The molecule has 1 aliphatic heterocycles. The number of aliphatic hydroxyl groups excluding tert-OH is 1. The highest BCUT2D eigenvalue weighted by Crippen LogP contribution is 2.60. The van der Waals surface area contributed by atoms with E-state index in [0.717, 1.165) is 25.7 Å². The number of halogens is 1. The van der Waals surface area contributed by atoms with Crippen LogP contribution in [0.5, 0.6) is 0 Å². The smallest absolute Gasteiger partial charge is 0.237 e. The van der Waals surface area contributed by atoms with Crippen molar-refractivity contribution in [1.82, 2.24) is 10.2 Å². The third-order valence-corrected chi connectivity index (χ3v) is 5.48. The molecule has 0 unspecified atom stereocenters. The van der Waals surface area contributed by atoms with Gasteiger partial charge in [0.25, 0.3) is 0 Å². The van der Waals surface area contributed by atoms with Gasteiger partial charge in [-0.25, -0.2) is 0 Å². The van der Waals surface area contributed by atoms with Crippen LogP contribution in [0, 0.1) is 16.7 Å². The van der Waals surface area contributed by atoms with E-state index in [1.807, 2.05) is 0 Å². The molecule has 0 aromatic heterocycles. The number of aliphatic hydroxyl groups is 1. The van der Waals surface area contributed by atoms with Crippen molar-refractivity contribution in [2.75, 3.05) is 19.7 Å². The highest BCUT2D eigenvalue weighted by molar-refractivity contribution is 5.85. The number of hydrogen-bond donors (Lipinski definition) is 2. The minimum Gasteiger partial charge on any atom is -0.394 e. The molecule has 0 aromatic rings. The number of carbonyl (C=O) groups is 1. The van der Waals surface area contributed by atoms with Crippen molar-refractivity contribution < 1.29 is 9.90 Å². The molecule has 3 rings (SSSR count). The largest absolute Gasteiger partial charge is 0.394 e. The zero-order valence-electron chi connectivity index (χ0n) is 12.3. The van der Waals surface area contributed by atoms with Crippen molar-refractivity contribution in [3.8, 4) is 6.07 Å². The molecule has 21 heavy (non-hydrogen) atoms. The van der Waals surface area contributed by atoms with Crippen LogP contribution in [-0.2, 0) is 4.79 Å². The van der Waals surface area contributed by atoms with Crippen LogP contribution in [0.4, 0.5) is 0 Å². The van der Waals surface area contributed by atoms with Crippen LogP contribution in [0.2, 0.25) is 0 Å². The Hall–Kier alpha value is -0.830. The maximum absolute atomic E-state index is 12.2. The summed E-state index contributed by atoms with van der Waals surface area (Å²) < 4.78 is 0. The van der Waals surface area contributed by atoms with E-state index >= 15 is 0 Å². The van der Waals surface area contributed by atoms with Crippen molar-refractivity contribution in [3.05, 3.63) is 0 Å². The topological polar surface area (TPSA) is 76.4 Å². The monoisotopic (exact) mass is 313 g/mol. The molecule has 0 aromatic carbocycles. The van der Waals surface area contributed by atoms with Gasteiger partial charge in [0.2, 0.25) is 5.91 Å². The lowest BCUT2D eigenvalue weighted by Crippen LogP contribution is -2.66. The molecular formula is C15H24ClN3O2. The van der Waals surface area contributed by atoms with Crippen LogP contribution in [-0.4, -0.2) is 47.2 Å². The van der Waals surface area contributed by atoms with Gasteiger partial charge in [0.1, 0.15) is 6.04 Å². The molecule has 118 valence electrons. The maximum Gasteiger partial charge on any atom is 0.237 e. The van der Waals surface area contributed by atoms with Crippen molar-refractivity contribution in [3.63, 3.8) is 0 Å². The van der Waals surface area contributed by atoms with Gasteiger partial charge >= 0.3 is 0 Å². The first kappa shape index (κ1) is 16.5. The summed E-state index contributed by atoms with van der Waals surface area (Å²) in [5.41, 5.74) is 0.208. The SMILES string of the molecule is Cl.N#C[C@@H]1CCCN1C(=O)CNC1(CO)CC2(CCC2)C1. The molecule has 1 heterocycles. The summed E-state index contributed by atoms with van der Waals surface area (Å²) in [4.78, 5) is 13.9. The van der Waals surface area contributed by atoms with E-state index in [1.54, 1.807) is 4.90 Å². The fraction of sp³-hybridized carbons (Fsp3) is 0.867. The summed E-state index contributed by atoms with van der Waals surface area (Å²) in [7, 11) is 0. The second kappa shape index (κ2) is 6.12. The number of carbonyl (C=O) groups excluding carboxylic acids is 1. The third kappa shape index (κ3) is 2.90. The number of hydrogen-bond acceptors (Lipinski definition) is 4. The fourth-order valence-electron chi connectivity index (χ4n) is 4.27. The van der Waals surface area contributed by atoms with Crippen LogP contribution in [0.1, 0.15) is 44.9 Å². The zero-order valence-corrected chi connectivity index (χ0v) is 13.1.